The maximum absolute atomic E-state index is 14.0. The van der Waals surface area contributed by atoms with Crippen molar-refractivity contribution in [3.05, 3.63) is 249 Å². The average Bonchev–Trinajstić information content (AvgIpc) is 2.28. The summed E-state index contributed by atoms with van der Waals surface area (Å²) < 4.78 is 11.1. The Morgan fingerprint density at radius 1 is 0.364 bits per heavy atom. The van der Waals surface area contributed by atoms with Crippen LogP contribution in [0.3, 0.4) is 0 Å². The van der Waals surface area contributed by atoms with Gasteiger partial charge in [0, 0.05) is 62.6 Å². The second-order valence-electron chi connectivity index (χ2n) is 22.2. The normalized spacial score (nSPS) is 16.0. The van der Waals surface area contributed by atoms with Gasteiger partial charge < -0.3 is 9.47 Å². The number of benzene rings is 9. The van der Waals surface area contributed by atoms with E-state index in [1.165, 1.54) is 36.4 Å². The number of pyridine rings is 2. The van der Waals surface area contributed by atoms with Crippen LogP contribution >= 0.6 is 0 Å². The number of carbonyl (C=O) groups excluding carboxylic acids is 10. The molecule has 0 spiro atoms. The number of aromatic nitrogens is 2. The molecule has 0 saturated carbocycles. The fourth-order valence-corrected chi connectivity index (χ4v) is 12.8. The van der Waals surface area contributed by atoms with Gasteiger partial charge in [0.25, 0.3) is 23.6 Å². The van der Waals surface area contributed by atoms with Gasteiger partial charge in [0.2, 0.25) is 0 Å². The molecule has 0 radical (unpaired) electrons. The van der Waals surface area contributed by atoms with Gasteiger partial charge in [0.15, 0.2) is 23.1 Å². The minimum absolute atomic E-state index is 0.0168. The minimum atomic E-state index is -1.25. The van der Waals surface area contributed by atoms with E-state index in [0.29, 0.717) is 38.8 Å². The Hall–Kier alpha value is -11.5. The monoisotopic (exact) mass is 1160 g/mol. The first kappa shape index (κ1) is 53.2. The summed E-state index contributed by atoms with van der Waals surface area (Å²) >= 11 is 0. The lowest BCUT2D eigenvalue weighted by atomic mass is 9.94. The van der Waals surface area contributed by atoms with Crippen molar-refractivity contribution in [2.45, 2.75) is 24.7 Å². The van der Waals surface area contributed by atoms with Crippen LogP contribution in [0.1, 0.15) is 140 Å². The second-order valence-corrected chi connectivity index (χ2v) is 22.2. The van der Waals surface area contributed by atoms with Gasteiger partial charge in [-0.3, -0.25) is 58.1 Å². The van der Waals surface area contributed by atoms with Crippen LogP contribution in [0.25, 0.3) is 65.3 Å². The zero-order chi connectivity index (χ0) is 60.2. The van der Waals surface area contributed by atoms with Gasteiger partial charge in [-0.1, -0.05) is 91.0 Å². The van der Waals surface area contributed by atoms with Crippen molar-refractivity contribution in [2.24, 2.45) is 0 Å². The number of carbonyl (C=O) groups is 10. The van der Waals surface area contributed by atoms with E-state index in [2.05, 4.69) is 0 Å². The molecular formula is C72H44N4O12. The van der Waals surface area contributed by atoms with Gasteiger partial charge in [-0.2, -0.15) is 0 Å². The third kappa shape index (κ3) is 8.50. The Morgan fingerprint density at radius 3 is 1.40 bits per heavy atom. The summed E-state index contributed by atoms with van der Waals surface area (Å²) in [7, 11) is 0. The highest BCUT2D eigenvalue weighted by atomic mass is 16.5. The van der Waals surface area contributed by atoms with Gasteiger partial charge in [-0.05, 0) is 142 Å². The van der Waals surface area contributed by atoms with Crippen molar-refractivity contribution >= 4 is 113 Å². The highest BCUT2D eigenvalue weighted by molar-refractivity contribution is 6.31. The fourth-order valence-electron chi connectivity index (χ4n) is 12.8. The first-order valence-corrected chi connectivity index (χ1v) is 28.6. The predicted molar refractivity (Wildman–Crippen MR) is 324 cm³/mol. The first-order chi connectivity index (χ1) is 42.8. The third-order valence-corrected chi connectivity index (χ3v) is 17.2. The molecule has 424 valence electrons. The number of esters is 2. The molecule has 2 aromatic heterocycles. The largest absolute Gasteiger partial charge is 0.462 e. The Balaban J connectivity index is 0.575. The fraction of sp³-hybridized carbons (Fsp3) is 0.111. The van der Waals surface area contributed by atoms with Crippen LogP contribution in [0.15, 0.2) is 182 Å². The molecule has 15 rings (SSSR count). The summed E-state index contributed by atoms with van der Waals surface area (Å²) in [4.78, 5) is 148. The number of nitrogens with zero attached hydrogens (tertiary/aromatic N) is 4. The molecule has 88 heavy (non-hydrogen) atoms. The van der Waals surface area contributed by atoms with Crippen LogP contribution in [0.4, 0.5) is 0 Å². The number of ether oxygens (including phenoxy) is 2. The lowest BCUT2D eigenvalue weighted by molar-refractivity contribution is 0.0461. The van der Waals surface area contributed by atoms with Gasteiger partial charge >= 0.3 is 11.9 Å². The van der Waals surface area contributed by atoms with E-state index in [0.717, 1.165) is 53.1 Å². The molecule has 16 nitrogen and oxygen atoms in total. The molecule has 0 N–H and O–H groups in total. The first-order valence-electron chi connectivity index (χ1n) is 28.6. The van der Waals surface area contributed by atoms with Crippen LogP contribution in [0, 0.1) is 0 Å². The molecule has 16 heteroatoms. The van der Waals surface area contributed by atoms with Crippen molar-refractivity contribution in [1.29, 1.82) is 0 Å². The van der Waals surface area contributed by atoms with E-state index in [9.17, 15) is 47.9 Å². The van der Waals surface area contributed by atoms with E-state index in [-0.39, 0.29) is 89.3 Å². The number of hydrogen-bond donors (Lipinski definition) is 0. The van der Waals surface area contributed by atoms with Crippen molar-refractivity contribution in [1.82, 2.24) is 19.8 Å². The highest BCUT2D eigenvalue weighted by Gasteiger charge is 2.43. The number of amides is 4. The van der Waals surface area contributed by atoms with Crippen LogP contribution in [0.2, 0.25) is 0 Å². The highest BCUT2D eigenvalue weighted by Crippen LogP contribution is 2.39. The Kier molecular flexibility index (Phi) is 12.5. The van der Waals surface area contributed by atoms with Crippen LogP contribution in [-0.4, -0.2) is 105 Å². The maximum Gasteiger partial charge on any atom is 0.338 e. The maximum atomic E-state index is 14.0. The molecule has 4 heterocycles. The molecule has 4 amide bonds. The van der Waals surface area contributed by atoms with Crippen molar-refractivity contribution < 1.29 is 57.4 Å². The van der Waals surface area contributed by atoms with Crippen LogP contribution in [0.5, 0.6) is 0 Å². The Morgan fingerprint density at radius 2 is 0.818 bits per heavy atom. The van der Waals surface area contributed by atoms with E-state index in [1.807, 2.05) is 78.9 Å². The summed E-state index contributed by atoms with van der Waals surface area (Å²) in [6, 6.07) is 52.2. The summed E-state index contributed by atoms with van der Waals surface area (Å²) in [6.45, 7) is -0.281. The summed E-state index contributed by atoms with van der Waals surface area (Å²) in [5.41, 5.74) is 5.09. The summed E-state index contributed by atoms with van der Waals surface area (Å²) in [6.07, 6.45) is 0.301. The number of Topliss-reactive ketones (excluding diaryl/α,β-unsaturated/α-hetero) is 4. The molecule has 2 aliphatic heterocycles. The smallest absolute Gasteiger partial charge is 0.338 e. The van der Waals surface area contributed by atoms with Crippen molar-refractivity contribution in [3.8, 4) is 11.1 Å². The standard InChI is InChI=1S/C72H44N4O12/c77-63-47-20-16-42(35-53(47)65(79)61(63)58-27-23-45-44-10-2-1-7-37(44)18-25-56(45)73-58)71(85)87-31-5-29-75-67(81)49-22-15-41(34-55(49)70(75)84)40-14-13-38-19-26-57-46(52(38)33-40)24-28-59(74-57)62-64(78)48-21-17-43(36-54(48)66(62)80)72(86)88-32-6-30-76-68(82)50-11-3-8-39-9-4-12-51(60(39)50)69(76)83/h1-4,7-28,33-36,61-62H,5-6,29-32H2. The molecule has 0 saturated heterocycles. The van der Waals surface area contributed by atoms with E-state index in [4.69, 9.17) is 19.4 Å². The predicted octanol–water partition coefficient (Wildman–Crippen LogP) is 11.9. The topological polar surface area (TPSA) is 221 Å². The number of imide groups is 2. The average molecular weight is 1160 g/mol. The van der Waals surface area contributed by atoms with Gasteiger partial charge in [-0.25, -0.2) is 9.59 Å². The molecule has 0 bridgehead atoms. The summed E-state index contributed by atoms with van der Waals surface area (Å²) in [5.74, 6) is -7.54. The Bertz CT molecular complexity index is 5040. The van der Waals surface area contributed by atoms with E-state index < -0.39 is 70.5 Å². The number of ketones is 4. The van der Waals surface area contributed by atoms with Crippen molar-refractivity contribution in [3.63, 3.8) is 0 Å². The lowest BCUT2D eigenvalue weighted by Crippen LogP contribution is -2.41. The van der Waals surface area contributed by atoms with Gasteiger partial charge in [0.05, 0.1) is 57.9 Å². The van der Waals surface area contributed by atoms with E-state index in [1.54, 1.807) is 66.7 Å². The van der Waals surface area contributed by atoms with Crippen LogP contribution < -0.4 is 0 Å². The van der Waals surface area contributed by atoms with Gasteiger partial charge in [-0.15, -0.1) is 0 Å². The Labute approximate surface area is 498 Å². The molecule has 4 aliphatic rings. The molecule has 0 fully saturated rings. The quantitative estimate of drug-likeness (QED) is 0.0344. The number of fused-ring (bicyclic) bond motifs is 9. The van der Waals surface area contributed by atoms with Gasteiger partial charge in [0.1, 0.15) is 11.8 Å². The second kappa shape index (κ2) is 20.6. The van der Waals surface area contributed by atoms with E-state index >= 15 is 0 Å². The number of hydrogen-bond acceptors (Lipinski definition) is 14. The number of rotatable bonds is 13. The zero-order valence-electron chi connectivity index (χ0n) is 46.4. The van der Waals surface area contributed by atoms with Crippen molar-refractivity contribution in [2.75, 3.05) is 26.3 Å². The lowest BCUT2D eigenvalue weighted by Gasteiger charge is -2.27. The van der Waals surface area contributed by atoms with Crippen LogP contribution in [-0.2, 0) is 9.47 Å². The minimum Gasteiger partial charge on any atom is -0.462 e. The molecule has 11 aromatic rings. The third-order valence-electron chi connectivity index (χ3n) is 17.2. The zero-order valence-corrected chi connectivity index (χ0v) is 46.4. The summed E-state index contributed by atoms with van der Waals surface area (Å²) in [5, 5.41) is 6.77. The molecular weight excluding hydrogens is 1110 g/mol. The molecule has 2 atom stereocenters. The molecule has 9 aromatic carbocycles. The molecule has 2 unspecified atom stereocenters. The SMILES string of the molecule is O=C(OCCCN1C(=O)c2ccc(-c3ccc4ccc5nc(C6C(=O)c7ccc(C(=O)OCCCN8C(=O)c9cccc%10cccc(c9%10)C8=O)cc7C6=O)ccc5c4c3)cc2C1=O)c1ccc2c(c1)C(=O)C(c1ccc3c(ccc4ccccc43)n1)C2=O. The molecule has 2 aliphatic carbocycles.